The Hall–Kier alpha value is -1.83. The van der Waals surface area contributed by atoms with Crippen molar-refractivity contribution in [1.29, 1.82) is 0 Å². The van der Waals surface area contributed by atoms with Crippen molar-refractivity contribution in [1.82, 2.24) is 0 Å². The van der Waals surface area contributed by atoms with Crippen LogP contribution in [-0.2, 0) is 4.74 Å². The molecule has 0 unspecified atom stereocenters. The quantitative estimate of drug-likeness (QED) is 0.276. The van der Waals surface area contributed by atoms with E-state index >= 15 is 0 Å². The summed E-state index contributed by atoms with van der Waals surface area (Å²) < 4.78 is 58.3. The molecule has 0 radical (unpaired) electrons. The van der Waals surface area contributed by atoms with Crippen LogP contribution >= 0.6 is 0 Å². The lowest BCUT2D eigenvalue weighted by Gasteiger charge is -2.11. The molecule has 8 heteroatoms. The first-order chi connectivity index (χ1) is 9.83. The fourth-order valence-corrected chi connectivity index (χ4v) is 1.50. The zero-order chi connectivity index (χ0) is 15.9. The number of rotatable bonds is 7. The van der Waals surface area contributed by atoms with Gasteiger partial charge in [0.2, 0.25) is 0 Å². The Labute approximate surface area is 119 Å². The van der Waals surface area contributed by atoms with E-state index in [1.165, 1.54) is 19.1 Å². The molecule has 1 N–H and O–H groups in total. The van der Waals surface area contributed by atoms with Gasteiger partial charge in [-0.15, -0.1) is 0 Å². The van der Waals surface area contributed by atoms with Crippen LogP contribution in [-0.4, -0.2) is 36.9 Å². The van der Waals surface area contributed by atoms with Crippen molar-refractivity contribution in [3.05, 3.63) is 29.6 Å². The number of ether oxygens (including phenoxy) is 2. The maximum Gasteiger partial charge on any atom is 0.411 e. The van der Waals surface area contributed by atoms with Crippen LogP contribution in [0.15, 0.2) is 23.4 Å². The van der Waals surface area contributed by atoms with Gasteiger partial charge < -0.3 is 14.7 Å². The van der Waals surface area contributed by atoms with Gasteiger partial charge in [0.1, 0.15) is 18.2 Å². The minimum atomic E-state index is -4.36. The van der Waals surface area contributed by atoms with Crippen LogP contribution < -0.4 is 4.74 Å². The molecule has 0 bridgehead atoms. The molecule has 0 aromatic heterocycles. The van der Waals surface area contributed by atoms with E-state index in [1.807, 2.05) is 0 Å². The number of benzene rings is 1. The molecule has 0 aliphatic heterocycles. The second-order valence-electron chi connectivity index (χ2n) is 4.20. The van der Waals surface area contributed by atoms with Crippen molar-refractivity contribution in [2.45, 2.75) is 19.5 Å². The van der Waals surface area contributed by atoms with Crippen LogP contribution in [0.2, 0.25) is 0 Å². The standard InChI is InChI=1S/C13H15F4NO3/c1-9(18-19)11-4-3-10(14)7-12(11)21-6-2-5-20-8-13(15,16)17/h3-4,7,19H,2,5-6,8H2,1H3. The van der Waals surface area contributed by atoms with E-state index in [-0.39, 0.29) is 31.1 Å². The third kappa shape index (κ3) is 6.44. The van der Waals surface area contributed by atoms with Crippen LogP contribution in [0.3, 0.4) is 0 Å². The number of hydrogen-bond donors (Lipinski definition) is 1. The van der Waals surface area contributed by atoms with Crippen LogP contribution in [0.1, 0.15) is 18.9 Å². The molecule has 0 heterocycles. The van der Waals surface area contributed by atoms with Crippen molar-refractivity contribution < 1.29 is 32.2 Å². The molecule has 1 aromatic rings. The van der Waals surface area contributed by atoms with E-state index in [0.29, 0.717) is 5.56 Å². The molecule has 0 saturated heterocycles. The van der Waals surface area contributed by atoms with Gasteiger partial charge in [-0.05, 0) is 19.1 Å². The van der Waals surface area contributed by atoms with Gasteiger partial charge in [0, 0.05) is 18.1 Å². The van der Waals surface area contributed by atoms with Crippen LogP contribution in [0.4, 0.5) is 17.6 Å². The summed E-state index contributed by atoms with van der Waals surface area (Å²) >= 11 is 0. The smallest absolute Gasteiger partial charge is 0.411 e. The fraction of sp³-hybridized carbons (Fsp3) is 0.462. The average Bonchev–Trinajstić information content (AvgIpc) is 2.41. The summed E-state index contributed by atoms with van der Waals surface area (Å²) in [7, 11) is 0. The Bertz CT molecular complexity index is 489. The molecule has 118 valence electrons. The van der Waals surface area contributed by atoms with Gasteiger partial charge in [-0.1, -0.05) is 5.16 Å². The molecule has 0 saturated carbocycles. The van der Waals surface area contributed by atoms with Crippen LogP contribution in [0.5, 0.6) is 5.75 Å². The van der Waals surface area contributed by atoms with Gasteiger partial charge >= 0.3 is 6.18 Å². The first-order valence-electron chi connectivity index (χ1n) is 6.09. The number of alkyl halides is 3. The van der Waals surface area contributed by atoms with Crippen molar-refractivity contribution in [3.8, 4) is 5.75 Å². The summed E-state index contributed by atoms with van der Waals surface area (Å²) in [5.74, 6) is -0.381. The normalized spacial score (nSPS) is 12.5. The number of hydrogen-bond acceptors (Lipinski definition) is 4. The maximum atomic E-state index is 13.1. The predicted octanol–water partition coefficient (Wildman–Crippen LogP) is 3.37. The SMILES string of the molecule is CC(=NO)c1ccc(F)cc1OCCCOCC(F)(F)F. The number of oxime groups is 1. The van der Waals surface area contributed by atoms with Crippen LogP contribution in [0.25, 0.3) is 0 Å². The van der Waals surface area contributed by atoms with Crippen LogP contribution in [0, 0.1) is 5.82 Å². The Balaban J connectivity index is 2.46. The minimum Gasteiger partial charge on any atom is -0.493 e. The lowest BCUT2D eigenvalue weighted by atomic mass is 10.1. The van der Waals surface area contributed by atoms with Crippen molar-refractivity contribution in [3.63, 3.8) is 0 Å². The fourth-order valence-electron chi connectivity index (χ4n) is 1.50. The number of nitrogens with zero attached hydrogens (tertiary/aromatic N) is 1. The highest BCUT2D eigenvalue weighted by Gasteiger charge is 2.27. The second kappa shape index (κ2) is 7.82. The number of halogens is 4. The summed E-state index contributed by atoms with van der Waals surface area (Å²) in [6.45, 7) is 0.116. The zero-order valence-electron chi connectivity index (χ0n) is 11.3. The minimum absolute atomic E-state index is 0.0486. The largest absolute Gasteiger partial charge is 0.493 e. The van der Waals surface area contributed by atoms with Gasteiger partial charge in [-0.3, -0.25) is 0 Å². The Morgan fingerprint density at radius 1 is 1.29 bits per heavy atom. The summed E-state index contributed by atoms with van der Waals surface area (Å²) in [4.78, 5) is 0. The lowest BCUT2D eigenvalue weighted by Crippen LogP contribution is -2.18. The second-order valence-corrected chi connectivity index (χ2v) is 4.20. The molecule has 0 aliphatic rings. The third-order valence-corrected chi connectivity index (χ3v) is 2.44. The van der Waals surface area contributed by atoms with Crippen molar-refractivity contribution in [2.75, 3.05) is 19.8 Å². The summed E-state index contributed by atoms with van der Waals surface area (Å²) in [5.41, 5.74) is 0.633. The van der Waals surface area contributed by atoms with Gasteiger partial charge in [-0.2, -0.15) is 13.2 Å². The lowest BCUT2D eigenvalue weighted by molar-refractivity contribution is -0.174. The topological polar surface area (TPSA) is 51.1 Å². The molecule has 0 atom stereocenters. The zero-order valence-corrected chi connectivity index (χ0v) is 11.3. The highest BCUT2D eigenvalue weighted by atomic mass is 19.4. The van der Waals surface area contributed by atoms with E-state index in [4.69, 9.17) is 9.94 Å². The first kappa shape index (κ1) is 17.2. The summed E-state index contributed by atoms with van der Waals surface area (Å²) in [5, 5.41) is 11.7. The Morgan fingerprint density at radius 2 is 2.00 bits per heavy atom. The van der Waals surface area contributed by atoms with E-state index in [0.717, 1.165) is 6.07 Å². The molecule has 1 aromatic carbocycles. The molecule has 21 heavy (non-hydrogen) atoms. The van der Waals surface area contributed by atoms with E-state index < -0.39 is 18.6 Å². The summed E-state index contributed by atoms with van der Waals surface area (Å²) in [6.07, 6.45) is -4.15. The van der Waals surface area contributed by atoms with Crippen molar-refractivity contribution in [2.24, 2.45) is 5.16 Å². The Morgan fingerprint density at radius 3 is 2.62 bits per heavy atom. The molecule has 0 aliphatic carbocycles. The molecule has 0 fully saturated rings. The molecule has 4 nitrogen and oxygen atoms in total. The predicted molar refractivity (Wildman–Crippen MR) is 67.4 cm³/mol. The highest BCUT2D eigenvalue weighted by molar-refractivity contribution is 6.00. The van der Waals surface area contributed by atoms with Gasteiger partial charge in [0.05, 0.1) is 18.9 Å². The van der Waals surface area contributed by atoms with E-state index in [9.17, 15) is 17.6 Å². The van der Waals surface area contributed by atoms with E-state index in [2.05, 4.69) is 9.89 Å². The van der Waals surface area contributed by atoms with Gasteiger partial charge in [-0.25, -0.2) is 4.39 Å². The Kier molecular flexibility index (Phi) is 6.41. The maximum absolute atomic E-state index is 13.1. The monoisotopic (exact) mass is 309 g/mol. The van der Waals surface area contributed by atoms with Gasteiger partial charge in [0.15, 0.2) is 0 Å². The average molecular weight is 309 g/mol. The molecular formula is C13H15F4NO3. The van der Waals surface area contributed by atoms with E-state index in [1.54, 1.807) is 0 Å². The molecular weight excluding hydrogens is 294 g/mol. The first-order valence-corrected chi connectivity index (χ1v) is 6.09. The third-order valence-electron chi connectivity index (χ3n) is 2.44. The molecule has 1 rings (SSSR count). The highest BCUT2D eigenvalue weighted by Crippen LogP contribution is 2.21. The van der Waals surface area contributed by atoms with Crippen molar-refractivity contribution >= 4 is 5.71 Å². The summed E-state index contributed by atoms with van der Waals surface area (Å²) in [6, 6.07) is 3.68. The molecule has 0 spiro atoms. The van der Waals surface area contributed by atoms with Gasteiger partial charge in [0.25, 0.3) is 0 Å². The molecule has 0 amide bonds.